The zero-order valence-corrected chi connectivity index (χ0v) is 7.62. The molecule has 0 amide bonds. The van der Waals surface area contributed by atoms with Crippen molar-refractivity contribution >= 4 is 0 Å². The Kier molecular flexibility index (Phi) is 2.10. The zero-order chi connectivity index (χ0) is 8.60. The molecule has 0 spiro atoms. The SMILES string of the molecule is C[C@@]1(CO)C[C@@H]2CCCCN2O1. The molecular formula is C9H17NO2. The average molecular weight is 171 g/mol. The van der Waals surface area contributed by atoms with E-state index in [1.54, 1.807) is 0 Å². The molecule has 3 heteroatoms. The molecule has 2 rings (SSSR count). The van der Waals surface area contributed by atoms with E-state index in [1.807, 2.05) is 6.92 Å². The Hall–Kier alpha value is -0.120. The molecule has 0 radical (unpaired) electrons. The summed E-state index contributed by atoms with van der Waals surface area (Å²) in [6.07, 6.45) is 4.77. The summed E-state index contributed by atoms with van der Waals surface area (Å²) in [7, 11) is 0. The highest BCUT2D eigenvalue weighted by Gasteiger charge is 2.42. The largest absolute Gasteiger partial charge is 0.393 e. The number of hydroxylamine groups is 2. The molecule has 0 unspecified atom stereocenters. The van der Waals surface area contributed by atoms with E-state index < -0.39 is 0 Å². The second-order valence-electron chi connectivity index (χ2n) is 4.19. The maximum absolute atomic E-state index is 9.12. The number of rotatable bonds is 1. The van der Waals surface area contributed by atoms with Gasteiger partial charge >= 0.3 is 0 Å². The minimum absolute atomic E-state index is 0.139. The molecule has 2 saturated heterocycles. The molecular weight excluding hydrogens is 154 g/mol. The summed E-state index contributed by atoms with van der Waals surface area (Å²) in [6.45, 7) is 3.17. The smallest absolute Gasteiger partial charge is 0.112 e. The molecule has 0 aromatic heterocycles. The van der Waals surface area contributed by atoms with Crippen LogP contribution in [0.2, 0.25) is 0 Å². The highest BCUT2D eigenvalue weighted by Crippen LogP contribution is 2.35. The van der Waals surface area contributed by atoms with Gasteiger partial charge in [0, 0.05) is 12.6 Å². The van der Waals surface area contributed by atoms with Crippen molar-refractivity contribution in [1.29, 1.82) is 0 Å². The molecule has 0 aromatic carbocycles. The van der Waals surface area contributed by atoms with Gasteiger partial charge in [0.1, 0.15) is 5.60 Å². The maximum atomic E-state index is 9.12. The van der Waals surface area contributed by atoms with Gasteiger partial charge in [0.05, 0.1) is 6.61 Å². The number of fused-ring (bicyclic) bond motifs is 1. The molecule has 2 aliphatic rings. The van der Waals surface area contributed by atoms with Gasteiger partial charge in [-0.05, 0) is 26.2 Å². The van der Waals surface area contributed by atoms with E-state index in [1.165, 1.54) is 19.3 Å². The molecule has 12 heavy (non-hydrogen) atoms. The summed E-state index contributed by atoms with van der Waals surface area (Å²) in [4.78, 5) is 5.69. The van der Waals surface area contributed by atoms with E-state index >= 15 is 0 Å². The second kappa shape index (κ2) is 2.98. The standard InChI is InChI=1S/C9H17NO2/c1-9(7-11)6-8-4-2-3-5-10(8)12-9/h8,11H,2-7H2,1H3/t8-,9-/m0/s1. The van der Waals surface area contributed by atoms with Gasteiger partial charge in [-0.1, -0.05) is 6.42 Å². The molecule has 0 bridgehead atoms. The molecule has 2 fully saturated rings. The van der Waals surface area contributed by atoms with Crippen LogP contribution in [-0.4, -0.2) is 35.0 Å². The Morgan fingerprint density at radius 1 is 1.58 bits per heavy atom. The fourth-order valence-corrected chi connectivity index (χ4v) is 2.21. The van der Waals surface area contributed by atoms with Gasteiger partial charge in [-0.2, -0.15) is 5.06 Å². The first-order valence-corrected chi connectivity index (χ1v) is 4.80. The summed E-state index contributed by atoms with van der Waals surface area (Å²) >= 11 is 0. The van der Waals surface area contributed by atoms with Gasteiger partial charge in [0.2, 0.25) is 0 Å². The van der Waals surface area contributed by atoms with Gasteiger partial charge in [-0.3, -0.25) is 4.84 Å². The Morgan fingerprint density at radius 2 is 2.42 bits per heavy atom. The molecule has 70 valence electrons. The van der Waals surface area contributed by atoms with Crippen LogP contribution in [0.25, 0.3) is 0 Å². The quantitative estimate of drug-likeness (QED) is 0.637. The number of hydrogen-bond donors (Lipinski definition) is 1. The van der Waals surface area contributed by atoms with Crippen molar-refractivity contribution in [3.63, 3.8) is 0 Å². The molecule has 2 heterocycles. The third-order valence-electron chi connectivity index (χ3n) is 2.91. The fourth-order valence-electron chi connectivity index (χ4n) is 2.21. The van der Waals surface area contributed by atoms with E-state index in [0.717, 1.165) is 13.0 Å². The first kappa shape index (κ1) is 8.48. The van der Waals surface area contributed by atoms with Crippen LogP contribution in [0.5, 0.6) is 0 Å². The number of aliphatic hydroxyl groups excluding tert-OH is 1. The van der Waals surface area contributed by atoms with Gasteiger partial charge in [-0.25, -0.2) is 0 Å². The first-order chi connectivity index (χ1) is 5.73. The van der Waals surface area contributed by atoms with Crippen LogP contribution in [-0.2, 0) is 4.84 Å². The summed E-state index contributed by atoms with van der Waals surface area (Å²) in [5.74, 6) is 0. The van der Waals surface area contributed by atoms with Crippen LogP contribution in [0, 0.1) is 0 Å². The number of nitrogens with zero attached hydrogens (tertiary/aromatic N) is 1. The van der Waals surface area contributed by atoms with Crippen molar-refractivity contribution in [1.82, 2.24) is 5.06 Å². The Morgan fingerprint density at radius 3 is 3.08 bits per heavy atom. The lowest BCUT2D eigenvalue weighted by atomic mass is 9.94. The van der Waals surface area contributed by atoms with Crippen molar-refractivity contribution in [3.05, 3.63) is 0 Å². The lowest BCUT2D eigenvalue weighted by Gasteiger charge is -2.27. The number of aliphatic hydroxyl groups is 1. The summed E-state index contributed by atoms with van der Waals surface area (Å²) in [5.41, 5.74) is -0.297. The molecule has 0 aromatic rings. The van der Waals surface area contributed by atoms with Gasteiger partial charge in [0.15, 0.2) is 0 Å². The third-order valence-corrected chi connectivity index (χ3v) is 2.91. The van der Waals surface area contributed by atoms with E-state index in [4.69, 9.17) is 9.94 Å². The van der Waals surface area contributed by atoms with Crippen LogP contribution >= 0.6 is 0 Å². The lowest BCUT2D eigenvalue weighted by Crippen LogP contribution is -2.34. The highest BCUT2D eigenvalue weighted by atomic mass is 16.7. The highest BCUT2D eigenvalue weighted by molar-refractivity contribution is 4.88. The van der Waals surface area contributed by atoms with E-state index in [9.17, 15) is 0 Å². The minimum atomic E-state index is -0.297. The molecule has 3 nitrogen and oxygen atoms in total. The minimum Gasteiger partial charge on any atom is -0.393 e. The van der Waals surface area contributed by atoms with Crippen molar-refractivity contribution in [2.45, 2.75) is 44.2 Å². The van der Waals surface area contributed by atoms with Crippen LogP contribution < -0.4 is 0 Å². The Bertz CT molecular complexity index is 158. The molecule has 1 N–H and O–H groups in total. The fraction of sp³-hybridized carbons (Fsp3) is 1.00. The van der Waals surface area contributed by atoms with Crippen LogP contribution in [0.3, 0.4) is 0 Å². The van der Waals surface area contributed by atoms with Crippen molar-refractivity contribution < 1.29 is 9.94 Å². The topological polar surface area (TPSA) is 32.7 Å². The molecule has 0 aliphatic carbocycles. The molecule has 2 aliphatic heterocycles. The first-order valence-electron chi connectivity index (χ1n) is 4.80. The normalized spacial score (nSPS) is 43.0. The van der Waals surface area contributed by atoms with Gasteiger partial charge in [-0.15, -0.1) is 0 Å². The predicted molar refractivity (Wildman–Crippen MR) is 45.5 cm³/mol. The summed E-state index contributed by atoms with van der Waals surface area (Å²) in [5, 5.41) is 11.2. The lowest BCUT2D eigenvalue weighted by molar-refractivity contribution is -0.215. The molecule has 2 atom stereocenters. The van der Waals surface area contributed by atoms with E-state index in [0.29, 0.717) is 6.04 Å². The summed E-state index contributed by atoms with van der Waals surface area (Å²) in [6, 6.07) is 0.566. The van der Waals surface area contributed by atoms with Crippen LogP contribution in [0.15, 0.2) is 0 Å². The van der Waals surface area contributed by atoms with Crippen LogP contribution in [0.1, 0.15) is 32.6 Å². The molecule has 0 saturated carbocycles. The monoisotopic (exact) mass is 171 g/mol. The third kappa shape index (κ3) is 1.37. The van der Waals surface area contributed by atoms with Gasteiger partial charge in [0.25, 0.3) is 0 Å². The van der Waals surface area contributed by atoms with Crippen molar-refractivity contribution in [2.75, 3.05) is 13.2 Å². The maximum Gasteiger partial charge on any atom is 0.112 e. The number of hydrogen-bond acceptors (Lipinski definition) is 3. The number of piperidine rings is 1. The Balaban J connectivity index is 2.02. The second-order valence-corrected chi connectivity index (χ2v) is 4.19. The van der Waals surface area contributed by atoms with Crippen molar-refractivity contribution in [3.8, 4) is 0 Å². The zero-order valence-electron chi connectivity index (χ0n) is 7.62. The predicted octanol–water partition coefficient (Wildman–Crippen LogP) is 0.927. The average Bonchev–Trinajstić information content (AvgIpc) is 2.42. The Labute approximate surface area is 73.3 Å². The van der Waals surface area contributed by atoms with E-state index in [2.05, 4.69) is 5.06 Å². The summed E-state index contributed by atoms with van der Waals surface area (Å²) < 4.78 is 0. The van der Waals surface area contributed by atoms with E-state index in [-0.39, 0.29) is 12.2 Å². The van der Waals surface area contributed by atoms with Crippen molar-refractivity contribution in [2.24, 2.45) is 0 Å². The van der Waals surface area contributed by atoms with Gasteiger partial charge < -0.3 is 5.11 Å². The van der Waals surface area contributed by atoms with Crippen LogP contribution in [0.4, 0.5) is 0 Å².